The molecule has 0 fully saturated rings. The molecule has 0 atom stereocenters. The second kappa shape index (κ2) is 6.75. The Bertz CT molecular complexity index is 848. The molecule has 0 saturated carbocycles. The number of amides is 1. The number of rotatable bonds is 3. The average molecular weight is 344 g/mol. The van der Waals surface area contributed by atoms with Crippen molar-refractivity contribution in [3.05, 3.63) is 65.2 Å². The van der Waals surface area contributed by atoms with Crippen molar-refractivity contribution in [3.8, 4) is 0 Å². The minimum absolute atomic E-state index is 0.0199. The SMILES string of the molecule is CNS(=O)(=O)c1ccc2c(c1)CCN(C(=O)c1ccccc1)CC2. The molecular weight excluding hydrogens is 324 g/mol. The highest BCUT2D eigenvalue weighted by molar-refractivity contribution is 7.89. The number of hydrogen-bond acceptors (Lipinski definition) is 3. The molecule has 5 nitrogen and oxygen atoms in total. The number of nitrogens with one attached hydrogen (secondary N) is 1. The summed E-state index contributed by atoms with van der Waals surface area (Å²) in [5.41, 5.74) is 2.78. The number of carbonyl (C=O) groups excluding carboxylic acids is 1. The van der Waals surface area contributed by atoms with Crippen LogP contribution in [0.3, 0.4) is 0 Å². The summed E-state index contributed by atoms with van der Waals surface area (Å²) < 4.78 is 26.2. The van der Waals surface area contributed by atoms with Crippen molar-refractivity contribution in [2.75, 3.05) is 20.1 Å². The molecule has 0 radical (unpaired) electrons. The molecule has 1 heterocycles. The molecule has 2 aromatic rings. The topological polar surface area (TPSA) is 66.5 Å². The van der Waals surface area contributed by atoms with Crippen molar-refractivity contribution in [1.82, 2.24) is 9.62 Å². The van der Waals surface area contributed by atoms with Crippen molar-refractivity contribution in [2.45, 2.75) is 17.7 Å². The number of sulfonamides is 1. The van der Waals surface area contributed by atoms with Crippen LogP contribution in [0.2, 0.25) is 0 Å². The van der Waals surface area contributed by atoms with Crippen LogP contribution in [0.25, 0.3) is 0 Å². The maximum atomic E-state index is 12.6. The lowest BCUT2D eigenvalue weighted by Gasteiger charge is -2.20. The van der Waals surface area contributed by atoms with Crippen LogP contribution >= 0.6 is 0 Å². The fraction of sp³-hybridized carbons (Fsp3) is 0.278. The number of hydrogen-bond donors (Lipinski definition) is 1. The van der Waals surface area contributed by atoms with Gasteiger partial charge in [-0.25, -0.2) is 13.1 Å². The highest BCUT2D eigenvalue weighted by atomic mass is 32.2. The zero-order valence-electron chi connectivity index (χ0n) is 13.5. The fourth-order valence-corrected chi connectivity index (χ4v) is 3.73. The Balaban J connectivity index is 1.81. The van der Waals surface area contributed by atoms with Gasteiger partial charge in [-0.15, -0.1) is 0 Å². The van der Waals surface area contributed by atoms with Gasteiger partial charge >= 0.3 is 0 Å². The molecule has 6 heteroatoms. The summed E-state index contributed by atoms with van der Waals surface area (Å²) in [6.45, 7) is 1.22. The van der Waals surface area contributed by atoms with Gasteiger partial charge in [0, 0.05) is 18.7 Å². The van der Waals surface area contributed by atoms with Gasteiger partial charge in [0.2, 0.25) is 10.0 Å². The van der Waals surface area contributed by atoms with Crippen molar-refractivity contribution in [1.29, 1.82) is 0 Å². The molecule has 3 rings (SSSR count). The first-order valence-corrected chi connectivity index (χ1v) is 9.39. The van der Waals surface area contributed by atoms with E-state index in [1.807, 2.05) is 41.3 Å². The van der Waals surface area contributed by atoms with E-state index in [0.717, 1.165) is 17.5 Å². The standard InChI is InChI=1S/C18H20N2O3S/c1-19-24(22,23)17-8-7-14-9-11-20(12-10-16(14)13-17)18(21)15-5-3-2-4-6-15/h2-8,13,19H,9-12H2,1H3. The summed E-state index contributed by atoms with van der Waals surface area (Å²) in [7, 11) is -2.04. The third kappa shape index (κ3) is 3.34. The van der Waals surface area contributed by atoms with Crippen LogP contribution in [0.4, 0.5) is 0 Å². The third-order valence-electron chi connectivity index (χ3n) is 4.37. The lowest BCUT2D eigenvalue weighted by molar-refractivity contribution is 0.0763. The Morgan fingerprint density at radius 3 is 2.33 bits per heavy atom. The zero-order chi connectivity index (χ0) is 17.2. The molecule has 126 valence electrons. The van der Waals surface area contributed by atoms with Gasteiger partial charge in [-0.3, -0.25) is 4.79 Å². The van der Waals surface area contributed by atoms with E-state index >= 15 is 0 Å². The van der Waals surface area contributed by atoms with Crippen LogP contribution in [0.1, 0.15) is 21.5 Å². The molecule has 0 saturated heterocycles. The van der Waals surface area contributed by atoms with Gasteiger partial charge in [0.15, 0.2) is 0 Å². The van der Waals surface area contributed by atoms with Gasteiger partial charge in [0.25, 0.3) is 5.91 Å². The molecule has 0 spiro atoms. The van der Waals surface area contributed by atoms with Crippen LogP contribution in [0.5, 0.6) is 0 Å². The van der Waals surface area contributed by atoms with Crippen LogP contribution in [0, 0.1) is 0 Å². The van der Waals surface area contributed by atoms with Gasteiger partial charge in [-0.2, -0.15) is 0 Å². The Labute approximate surface area is 142 Å². The van der Waals surface area contributed by atoms with Gasteiger partial charge in [0.05, 0.1) is 4.90 Å². The van der Waals surface area contributed by atoms with E-state index in [0.29, 0.717) is 25.1 Å². The smallest absolute Gasteiger partial charge is 0.253 e. The second-order valence-electron chi connectivity index (χ2n) is 5.80. The molecule has 1 amide bonds. The molecule has 0 aromatic heterocycles. The highest BCUT2D eigenvalue weighted by Gasteiger charge is 2.21. The summed E-state index contributed by atoms with van der Waals surface area (Å²) in [5, 5.41) is 0. The Hall–Kier alpha value is -2.18. The molecule has 1 aliphatic heterocycles. The lowest BCUT2D eigenvalue weighted by atomic mass is 10.0. The number of benzene rings is 2. The molecule has 0 unspecified atom stereocenters. The summed E-state index contributed by atoms with van der Waals surface area (Å²) in [4.78, 5) is 14.7. The lowest BCUT2D eigenvalue weighted by Crippen LogP contribution is -2.33. The van der Waals surface area contributed by atoms with Crippen molar-refractivity contribution < 1.29 is 13.2 Å². The molecule has 0 aliphatic carbocycles. The summed E-state index contributed by atoms with van der Waals surface area (Å²) in [5.74, 6) is 0.0199. The first-order chi connectivity index (χ1) is 11.5. The number of carbonyl (C=O) groups is 1. The second-order valence-corrected chi connectivity index (χ2v) is 7.68. The van der Waals surface area contributed by atoms with Gasteiger partial charge in [-0.1, -0.05) is 24.3 Å². The monoisotopic (exact) mass is 344 g/mol. The van der Waals surface area contributed by atoms with E-state index in [2.05, 4.69) is 4.72 Å². The largest absolute Gasteiger partial charge is 0.338 e. The van der Waals surface area contributed by atoms with Crippen LogP contribution < -0.4 is 4.72 Å². The molecule has 24 heavy (non-hydrogen) atoms. The van der Waals surface area contributed by atoms with E-state index in [1.54, 1.807) is 12.1 Å². The van der Waals surface area contributed by atoms with Gasteiger partial charge in [-0.05, 0) is 55.3 Å². The van der Waals surface area contributed by atoms with Crippen molar-refractivity contribution in [2.24, 2.45) is 0 Å². The molecule has 2 aromatic carbocycles. The van der Waals surface area contributed by atoms with Gasteiger partial charge in [0.1, 0.15) is 0 Å². The Morgan fingerprint density at radius 2 is 1.67 bits per heavy atom. The Morgan fingerprint density at radius 1 is 1.00 bits per heavy atom. The fourth-order valence-electron chi connectivity index (χ4n) is 2.95. The summed E-state index contributed by atoms with van der Waals surface area (Å²) in [6, 6.07) is 14.4. The molecular formula is C18H20N2O3S. The minimum Gasteiger partial charge on any atom is -0.338 e. The van der Waals surface area contributed by atoms with E-state index in [1.165, 1.54) is 7.05 Å². The summed E-state index contributed by atoms with van der Waals surface area (Å²) >= 11 is 0. The summed E-state index contributed by atoms with van der Waals surface area (Å²) in [6.07, 6.45) is 1.38. The number of nitrogens with zero attached hydrogens (tertiary/aromatic N) is 1. The maximum absolute atomic E-state index is 12.6. The van der Waals surface area contributed by atoms with Crippen LogP contribution in [0.15, 0.2) is 53.4 Å². The quantitative estimate of drug-likeness (QED) is 0.924. The van der Waals surface area contributed by atoms with Gasteiger partial charge < -0.3 is 4.90 Å². The van der Waals surface area contributed by atoms with Crippen molar-refractivity contribution >= 4 is 15.9 Å². The Kier molecular flexibility index (Phi) is 4.69. The third-order valence-corrected chi connectivity index (χ3v) is 5.78. The molecule has 1 aliphatic rings. The minimum atomic E-state index is -3.45. The van der Waals surface area contributed by atoms with E-state index < -0.39 is 10.0 Å². The van der Waals surface area contributed by atoms with Crippen LogP contribution in [-0.2, 0) is 22.9 Å². The molecule has 0 bridgehead atoms. The number of fused-ring (bicyclic) bond motifs is 1. The van der Waals surface area contributed by atoms with E-state index in [-0.39, 0.29) is 10.8 Å². The first-order valence-electron chi connectivity index (χ1n) is 7.91. The van der Waals surface area contributed by atoms with Crippen molar-refractivity contribution in [3.63, 3.8) is 0 Å². The average Bonchev–Trinajstić information content (AvgIpc) is 2.84. The maximum Gasteiger partial charge on any atom is 0.253 e. The normalized spacial score (nSPS) is 14.8. The van der Waals surface area contributed by atoms with Crippen LogP contribution in [-0.4, -0.2) is 39.4 Å². The van der Waals surface area contributed by atoms with E-state index in [4.69, 9.17) is 0 Å². The molecule has 1 N–H and O–H groups in total. The predicted octanol–water partition coefficient (Wildman–Crippen LogP) is 1.84. The predicted molar refractivity (Wildman–Crippen MR) is 92.4 cm³/mol. The highest BCUT2D eigenvalue weighted by Crippen LogP contribution is 2.21. The zero-order valence-corrected chi connectivity index (χ0v) is 14.3. The van der Waals surface area contributed by atoms with E-state index in [9.17, 15) is 13.2 Å². The first kappa shape index (κ1) is 16.7.